The molecule has 2 atom stereocenters. The zero-order chi connectivity index (χ0) is 17.0. The molecule has 1 saturated heterocycles. The molecule has 2 heterocycles. The highest BCUT2D eigenvalue weighted by Gasteiger charge is 2.42. The van der Waals surface area contributed by atoms with Crippen LogP contribution in [-0.2, 0) is 4.79 Å². The van der Waals surface area contributed by atoms with Gasteiger partial charge in [-0.1, -0.05) is 0 Å². The molecule has 1 aliphatic carbocycles. The first-order valence-corrected chi connectivity index (χ1v) is 8.60. The molecule has 2 N–H and O–H groups in total. The lowest BCUT2D eigenvalue weighted by atomic mass is 9.98. The zero-order valence-corrected chi connectivity index (χ0v) is 14.0. The molecule has 2 aliphatic rings. The topological polar surface area (TPSA) is 93.9 Å². The summed E-state index contributed by atoms with van der Waals surface area (Å²) in [6.45, 7) is 3.73. The molecule has 7 heteroatoms. The van der Waals surface area contributed by atoms with Crippen molar-refractivity contribution < 1.29 is 4.79 Å². The number of rotatable bonds is 7. The summed E-state index contributed by atoms with van der Waals surface area (Å²) in [5, 5.41) is 23.5. The summed E-state index contributed by atoms with van der Waals surface area (Å²) in [5.41, 5.74) is -0.724. The maximum atomic E-state index is 12.1. The maximum absolute atomic E-state index is 12.1. The summed E-state index contributed by atoms with van der Waals surface area (Å²) < 4.78 is 0. The van der Waals surface area contributed by atoms with Crippen LogP contribution in [0.1, 0.15) is 32.6 Å². The Balaban J connectivity index is 1.46. The van der Waals surface area contributed by atoms with Crippen molar-refractivity contribution in [2.24, 2.45) is 5.92 Å². The summed E-state index contributed by atoms with van der Waals surface area (Å²) >= 11 is 0. The highest BCUT2D eigenvalue weighted by atomic mass is 16.2. The number of aromatic nitrogens is 2. The van der Waals surface area contributed by atoms with Gasteiger partial charge in [0.2, 0.25) is 5.91 Å². The van der Waals surface area contributed by atoms with E-state index in [2.05, 4.69) is 31.8 Å². The molecule has 1 saturated carbocycles. The lowest BCUT2D eigenvalue weighted by molar-refractivity contribution is -0.121. The lowest BCUT2D eigenvalue weighted by Crippen LogP contribution is -2.50. The van der Waals surface area contributed by atoms with E-state index in [1.165, 1.54) is 0 Å². The largest absolute Gasteiger partial charge is 0.351 e. The normalized spacial score (nSPS) is 22.7. The van der Waals surface area contributed by atoms with Gasteiger partial charge in [-0.2, -0.15) is 10.4 Å². The molecule has 1 aromatic rings. The van der Waals surface area contributed by atoms with Crippen LogP contribution in [-0.4, -0.2) is 47.3 Å². The van der Waals surface area contributed by atoms with Crippen LogP contribution in [0.15, 0.2) is 18.3 Å². The fourth-order valence-electron chi connectivity index (χ4n) is 3.36. The van der Waals surface area contributed by atoms with E-state index in [0.717, 1.165) is 44.6 Å². The Morgan fingerprint density at radius 1 is 1.50 bits per heavy atom. The summed E-state index contributed by atoms with van der Waals surface area (Å²) in [7, 11) is 0. The first-order chi connectivity index (χ1) is 11.6. The number of amides is 1. The van der Waals surface area contributed by atoms with Crippen LogP contribution in [0, 0.1) is 17.2 Å². The van der Waals surface area contributed by atoms with Crippen LogP contribution in [0.5, 0.6) is 0 Å². The molecular weight excluding hydrogens is 304 g/mol. The Hall–Kier alpha value is -2.20. The van der Waals surface area contributed by atoms with Gasteiger partial charge in [0.25, 0.3) is 0 Å². The minimum absolute atomic E-state index is 0.116. The Morgan fingerprint density at radius 3 is 3.00 bits per heavy atom. The van der Waals surface area contributed by atoms with Crippen LogP contribution in [0.25, 0.3) is 0 Å². The molecule has 0 aromatic carbocycles. The quantitative estimate of drug-likeness (QED) is 0.770. The Labute approximate surface area is 142 Å². The minimum atomic E-state index is -0.724. The third-order valence-electron chi connectivity index (χ3n) is 4.92. The fraction of sp³-hybridized carbons (Fsp3) is 0.647. The molecule has 0 spiro atoms. The molecule has 2 fully saturated rings. The number of hydrogen-bond donors (Lipinski definition) is 2. The van der Waals surface area contributed by atoms with E-state index >= 15 is 0 Å². The van der Waals surface area contributed by atoms with Crippen molar-refractivity contribution in [3.63, 3.8) is 0 Å². The second-order valence-electron chi connectivity index (χ2n) is 6.84. The van der Waals surface area contributed by atoms with Gasteiger partial charge in [0.15, 0.2) is 5.82 Å². The van der Waals surface area contributed by atoms with E-state index in [-0.39, 0.29) is 12.5 Å². The predicted octanol–water partition coefficient (Wildman–Crippen LogP) is 0.843. The van der Waals surface area contributed by atoms with Crippen molar-refractivity contribution in [2.75, 3.05) is 24.5 Å². The van der Waals surface area contributed by atoms with Crippen LogP contribution < -0.4 is 15.5 Å². The molecule has 1 amide bonds. The van der Waals surface area contributed by atoms with Gasteiger partial charge in [0, 0.05) is 25.3 Å². The SMILES string of the molecule is C[C@](C#N)(NC(=O)CNC[C@H]1CCCN1c1cccnn1)C1CC1. The van der Waals surface area contributed by atoms with Gasteiger partial charge in [0.05, 0.1) is 12.6 Å². The van der Waals surface area contributed by atoms with Gasteiger partial charge in [-0.25, -0.2) is 0 Å². The summed E-state index contributed by atoms with van der Waals surface area (Å²) in [5.74, 6) is 1.07. The van der Waals surface area contributed by atoms with E-state index < -0.39 is 5.54 Å². The van der Waals surface area contributed by atoms with Gasteiger partial charge in [0.1, 0.15) is 5.54 Å². The maximum Gasteiger partial charge on any atom is 0.235 e. The van der Waals surface area contributed by atoms with E-state index in [1.54, 1.807) is 6.20 Å². The van der Waals surface area contributed by atoms with Crippen LogP contribution in [0.2, 0.25) is 0 Å². The van der Waals surface area contributed by atoms with E-state index in [0.29, 0.717) is 12.0 Å². The molecule has 7 nitrogen and oxygen atoms in total. The van der Waals surface area contributed by atoms with Gasteiger partial charge >= 0.3 is 0 Å². The zero-order valence-electron chi connectivity index (χ0n) is 14.0. The number of carbonyl (C=O) groups excluding carboxylic acids is 1. The highest BCUT2D eigenvalue weighted by molar-refractivity contribution is 5.79. The van der Waals surface area contributed by atoms with Crippen molar-refractivity contribution in [1.29, 1.82) is 5.26 Å². The predicted molar refractivity (Wildman–Crippen MR) is 90.2 cm³/mol. The van der Waals surface area contributed by atoms with Crippen molar-refractivity contribution in [1.82, 2.24) is 20.8 Å². The second kappa shape index (κ2) is 7.14. The smallest absolute Gasteiger partial charge is 0.235 e. The number of carbonyl (C=O) groups is 1. The van der Waals surface area contributed by atoms with Crippen molar-refractivity contribution >= 4 is 11.7 Å². The van der Waals surface area contributed by atoms with Crippen LogP contribution >= 0.6 is 0 Å². The van der Waals surface area contributed by atoms with Crippen LogP contribution in [0.4, 0.5) is 5.82 Å². The molecule has 1 aromatic heterocycles. The number of hydrogen-bond acceptors (Lipinski definition) is 6. The molecule has 1 aliphatic heterocycles. The van der Waals surface area contributed by atoms with E-state index in [1.807, 2.05) is 19.1 Å². The number of nitriles is 1. The molecule has 128 valence electrons. The van der Waals surface area contributed by atoms with Gasteiger partial charge in [-0.3, -0.25) is 4.79 Å². The molecule has 24 heavy (non-hydrogen) atoms. The Morgan fingerprint density at radius 2 is 2.33 bits per heavy atom. The van der Waals surface area contributed by atoms with Crippen molar-refractivity contribution in [3.8, 4) is 6.07 Å². The average Bonchev–Trinajstić information content (AvgIpc) is 3.36. The molecule has 0 radical (unpaired) electrons. The number of anilines is 1. The average molecular weight is 328 g/mol. The first kappa shape index (κ1) is 16.7. The minimum Gasteiger partial charge on any atom is -0.351 e. The van der Waals surface area contributed by atoms with Crippen molar-refractivity contribution in [2.45, 2.75) is 44.2 Å². The molecule has 0 unspecified atom stereocenters. The monoisotopic (exact) mass is 328 g/mol. The standard InChI is InChI=1S/C17H24N6O/c1-17(12-18,13-6-7-13)21-16(24)11-19-10-14-4-3-9-23(14)15-5-2-8-20-22-15/h2,5,8,13-14,19H,3-4,6-7,9-11H2,1H3,(H,21,24)/t14-,17-/m1/s1. The fourth-order valence-corrected chi connectivity index (χ4v) is 3.36. The number of nitrogens with zero attached hydrogens (tertiary/aromatic N) is 4. The molecule has 3 rings (SSSR count). The summed E-state index contributed by atoms with van der Waals surface area (Å²) in [4.78, 5) is 14.4. The van der Waals surface area contributed by atoms with E-state index in [4.69, 9.17) is 0 Å². The third kappa shape index (κ3) is 3.82. The van der Waals surface area contributed by atoms with Gasteiger partial charge < -0.3 is 15.5 Å². The van der Waals surface area contributed by atoms with Gasteiger partial charge in [-0.15, -0.1) is 5.10 Å². The summed E-state index contributed by atoms with van der Waals surface area (Å²) in [6, 6.07) is 6.42. The molecular formula is C17H24N6O. The van der Waals surface area contributed by atoms with Crippen LogP contribution in [0.3, 0.4) is 0 Å². The van der Waals surface area contributed by atoms with Gasteiger partial charge in [-0.05, 0) is 50.7 Å². The Bertz CT molecular complexity index is 611. The Kier molecular flexibility index (Phi) is 4.95. The number of nitrogens with one attached hydrogen (secondary N) is 2. The lowest BCUT2D eigenvalue weighted by Gasteiger charge is -2.26. The summed E-state index contributed by atoms with van der Waals surface area (Å²) in [6.07, 6.45) is 5.90. The molecule has 0 bridgehead atoms. The van der Waals surface area contributed by atoms with Crippen molar-refractivity contribution in [3.05, 3.63) is 18.3 Å². The highest BCUT2D eigenvalue weighted by Crippen LogP contribution is 2.39. The first-order valence-electron chi connectivity index (χ1n) is 8.60. The second-order valence-corrected chi connectivity index (χ2v) is 6.84. The van der Waals surface area contributed by atoms with E-state index in [9.17, 15) is 10.1 Å². The third-order valence-corrected chi connectivity index (χ3v) is 4.92.